The summed E-state index contributed by atoms with van der Waals surface area (Å²) in [6.07, 6.45) is 3.03. The molecule has 4 heteroatoms. The minimum absolute atomic E-state index is 0.0971. The molecule has 0 aromatic carbocycles. The number of aliphatic hydroxyl groups is 1. The zero-order valence-corrected chi connectivity index (χ0v) is 9.69. The predicted molar refractivity (Wildman–Crippen MR) is 60.7 cm³/mol. The first-order valence-corrected chi connectivity index (χ1v) is 5.85. The molecule has 1 aliphatic heterocycles. The fourth-order valence-electron chi connectivity index (χ4n) is 2.10. The van der Waals surface area contributed by atoms with Crippen LogP contribution in [0.2, 0.25) is 0 Å². The molecule has 0 amide bonds. The average molecular weight is 216 g/mol. The van der Waals surface area contributed by atoms with Gasteiger partial charge in [-0.25, -0.2) is 0 Å². The van der Waals surface area contributed by atoms with E-state index in [1.165, 1.54) is 12.8 Å². The van der Waals surface area contributed by atoms with Crippen LogP contribution in [0.3, 0.4) is 0 Å². The van der Waals surface area contributed by atoms with Crippen molar-refractivity contribution in [3.63, 3.8) is 0 Å². The lowest BCUT2D eigenvalue weighted by atomic mass is 9.99. The van der Waals surface area contributed by atoms with Crippen molar-refractivity contribution in [3.8, 4) is 0 Å². The van der Waals surface area contributed by atoms with Gasteiger partial charge in [0.05, 0.1) is 0 Å². The van der Waals surface area contributed by atoms with E-state index in [-0.39, 0.29) is 12.6 Å². The van der Waals surface area contributed by atoms with Crippen LogP contribution in [-0.2, 0) is 4.74 Å². The molecule has 0 bridgehead atoms. The molecule has 0 aromatic rings. The number of likely N-dealkylation sites (N-methyl/N-ethyl adjacent to an activating group) is 1. The van der Waals surface area contributed by atoms with Gasteiger partial charge >= 0.3 is 0 Å². The van der Waals surface area contributed by atoms with E-state index in [1.807, 2.05) is 0 Å². The second-order valence-corrected chi connectivity index (χ2v) is 4.55. The smallest absolute Gasteiger partial charge is 0.0469 e. The largest absolute Gasteiger partial charge is 0.396 e. The molecule has 15 heavy (non-hydrogen) atoms. The summed E-state index contributed by atoms with van der Waals surface area (Å²) in [5.74, 6) is 0.755. The summed E-state index contributed by atoms with van der Waals surface area (Å²) in [6.45, 7) is 3.97. The highest BCUT2D eigenvalue weighted by molar-refractivity contribution is 4.71. The van der Waals surface area contributed by atoms with E-state index < -0.39 is 0 Å². The normalized spacial score (nSPS) is 20.8. The Morgan fingerprint density at radius 1 is 1.47 bits per heavy atom. The van der Waals surface area contributed by atoms with Crippen LogP contribution in [-0.4, -0.2) is 56.0 Å². The Kier molecular flexibility index (Phi) is 6.17. The fraction of sp³-hybridized carbons (Fsp3) is 1.00. The number of nitrogens with two attached hydrogens (primary N) is 1. The fourth-order valence-corrected chi connectivity index (χ4v) is 2.10. The molecule has 1 rings (SSSR count). The van der Waals surface area contributed by atoms with Gasteiger partial charge < -0.3 is 20.5 Å². The van der Waals surface area contributed by atoms with Crippen molar-refractivity contribution >= 4 is 0 Å². The van der Waals surface area contributed by atoms with E-state index in [9.17, 15) is 0 Å². The lowest BCUT2D eigenvalue weighted by Crippen LogP contribution is -2.39. The molecule has 0 aliphatic carbocycles. The van der Waals surface area contributed by atoms with Gasteiger partial charge in [-0.1, -0.05) is 0 Å². The molecular weight excluding hydrogens is 192 g/mol. The van der Waals surface area contributed by atoms with Crippen molar-refractivity contribution in [2.45, 2.75) is 25.3 Å². The lowest BCUT2D eigenvalue weighted by molar-refractivity contribution is 0.0549. The summed E-state index contributed by atoms with van der Waals surface area (Å²) in [4.78, 5) is 2.27. The van der Waals surface area contributed by atoms with Gasteiger partial charge in [0, 0.05) is 39.0 Å². The van der Waals surface area contributed by atoms with Crippen molar-refractivity contribution in [1.29, 1.82) is 0 Å². The Bertz CT molecular complexity index is 161. The molecule has 1 atom stereocenters. The van der Waals surface area contributed by atoms with Gasteiger partial charge in [-0.2, -0.15) is 0 Å². The topological polar surface area (TPSA) is 58.7 Å². The first-order chi connectivity index (χ1) is 7.22. The van der Waals surface area contributed by atoms with E-state index in [1.54, 1.807) is 0 Å². The lowest BCUT2D eigenvalue weighted by Gasteiger charge is -2.28. The van der Waals surface area contributed by atoms with Crippen LogP contribution in [0.4, 0.5) is 0 Å². The van der Waals surface area contributed by atoms with Gasteiger partial charge in [0.15, 0.2) is 0 Å². The summed E-state index contributed by atoms with van der Waals surface area (Å²) in [5.41, 5.74) is 5.86. The van der Waals surface area contributed by atoms with E-state index >= 15 is 0 Å². The Balaban J connectivity index is 2.13. The van der Waals surface area contributed by atoms with Gasteiger partial charge in [0.1, 0.15) is 0 Å². The van der Waals surface area contributed by atoms with E-state index in [0.29, 0.717) is 6.42 Å². The third-order valence-corrected chi connectivity index (χ3v) is 2.96. The quantitative estimate of drug-likeness (QED) is 0.659. The summed E-state index contributed by atoms with van der Waals surface area (Å²) in [5, 5.41) is 8.76. The second kappa shape index (κ2) is 7.17. The van der Waals surface area contributed by atoms with Crippen molar-refractivity contribution in [3.05, 3.63) is 0 Å². The number of hydrogen-bond donors (Lipinski definition) is 2. The number of nitrogens with zero attached hydrogens (tertiary/aromatic N) is 1. The SMILES string of the molecule is CN(CC(N)CCO)CC1CCOCC1. The van der Waals surface area contributed by atoms with Crippen LogP contribution < -0.4 is 5.73 Å². The van der Waals surface area contributed by atoms with Crippen LogP contribution in [0, 0.1) is 5.92 Å². The first-order valence-electron chi connectivity index (χ1n) is 5.85. The molecule has 1 unspecified atom stereocenters. The third kappa shape index (κ3) is 5.47. The molecule has 0 aromatic heterocycles. The Morgan fingerprint density at radius 3 is 2.73 bits per heavy atom. The number of aliphatic hydroxyl groups excluding tert-OH is 1. The first kappa shape index (κ1) is 12.9. The molecular formula is C11H24N2O2. The highest BCUT2D eigenvalue weighted by Crippen LogP contribution is 2.15. The standard InChI is InChI=1S/C11H24N2O2/c1-13(9-11(12)2-5-14)8-10-3-6-15-7-4-10/h10-11,14H,2-9,12H2,1H3. The highest BCUT2D eigenvalue weighted by Gasteiger charge is 2.16. The van der Waals surface area contributed by atoms with Gasteiger partial charge in [-0.05, 0) is 32.2 Å². The summed E-state index contributed by atoms with van der Waals surface area (Å²) in [7, 11) is 2.10. The van der Waals surface area contributed by atoms with E-state index in [0.717, 1.165) is 32.2 Å². The third-order valence-electron chi connectivity index (χ3n) is 2.96. The van der Waals surface area contributed by atoms with Crippen molar-refractivity contribution < 1.29 is 9.84 Å². The van der Waals surface area contributed by atoms with Crippen LogP contribution >= 0.6 is 0 Å². The molecule has 1 aliphatic rings. The molecule has 0 radical (unpaired) electrons. The van der Waals surface area contributed by atoms with Crippen LogP contribution in [0.5, 0.6) is 0 Å². The minimum atomic E-state index is 0.0971. The molecule has 1 heterocycles. The van der Waals surface area contributed by atoms with Crippen molar-refractivity contribution in [1.82, 2.24) is 4.90 Å². The summed E-state index contributed by atoms with van der Waals surface area (Å²) >= 11 is 0. The maximum atomic E-state index is 8.76. The van der Waals surface area contributed by atoms with Gasteiger partial charge in [0.25, 0.3) is 0 Å². The zero-order chi connectivity index (χ0) is 11.1. The molecule has 4 nitrogen and oxygen atoms in total. The van der Waals surface area contributed by atoms with Crippen molar-refractivity contribution in [2.75, 3.05) is 40.0 Å². The van der Waals surface area contributed by atoms with Gasteiger partial charge in [-0.3, -0.25) is 0 Å². The van der Waals surface area contributed by atoms with Gasteiger partial charge in [0.2, 0.25) is 0 Å². The Hall–Kier alpha value is -0.160. The summed E-state index contributed by atoms with van der Waals surface area (Å²) in [6, 6.07) is 0.0971. The van der Waals surface area contributed by atoms with Crippen LogP contribution in [0.1, 0.15) is 19.3 Å². The molecule has 3 N–H and O–H groups in total. The van der Waals surface area contributed by atoms with Crippen LogP contribution in [0.15, 0.2) is 0 Å². The number of hydrogen-bond acceptors (Lipinski definition) is 4. The molecule has 1 saturated heterocycles. The average Bonchev–Trinajstić information content (AvgIpc) is 2.19. The number of rotatable bonds is 6. The van der Waals surface area contributed by atoms with Crippen LogP contribution in [0.25, 0.3) is 0 Å². The Morgan fingerprint density at radius 2 is 2.13 bits per heavy atom. The predicted octanol–water partition coefficient (Wildman–Crippen LogP) is 0.0545. The summed E-state index contributed by atoms with van der Waals surface area (Å²) < 4.78 is 5.32. The monoisotopic (exact) mass is 216 g/mol. The van der Waals surface area contributed by atoms with E-state index in [4.69, 9.17) is 15.6 Å². The number of ether oxygens (including phenoxy) is 1. The molecule has 1 fully saturated rings. The van der Waals surface area contributed by atoms with E-state index in [2.05, 4.69) is 11.9 Å². The maximum Gasteiger partial charge on any atom is 0.0469 e. The Labute approximate surface area is 92.4 Å². The highest BCUT2D eigenvalue weighted by atomic mass is 16.5. The molecule has 0 spiro atoms. The van der Waals surface area contributed by atoms with Gasteiger partial charge in [-0.15, -0.1) is 0 Å². The minimum Gasteiger partial charge on any atom is -0.396 e. The molecule has 0 saturated carbocycles. The van der Waals surface area contributed by atoms with Crippen molar-refractivity contribution in [2.24, 2.45) is 11.7 Å². The molecule has 90 valence electrons. The maximum absolute atomic E-state index is 8.76. The zero-order valence-electron chi connectivity index (χ0n) is 9.69. The second-order valence-electron chi connectivity index (χ2n) is 4.55.